The zero-order valence-corrected chi connectivity index (χ0v) is 22.3. The molecule has 0 saturated carbocycles. The summed E-state index contributed by atoms with van der Waals surface area (Å²) in [7, 11) is 1.89. The zero-order valence-electron chi connectivity index (χ0n) is 19.9. The SMILES string of the molecule is CN(c1cccc(CO)c1)c1cccc(C2(c3ccsc3)CC(=O)C(Sc3ccccc3Cl)C(=O)N2)n1. The van der Waals surface area contributed by atoms with Crippen LogP contribution in [0.15, 0.2) is 88.5 Å². The molecule has 1 aliphatic heterocycles. The number of rotatable bonds is 7. The summed E-state index contributed by atoms with van der Waals surface area (Å²) in [5, 5.41) is 16.2. The Balaban J connectivity index is 1.51. The number of piperidine rings is 1. The lowest BCUT2D eigenvalue weighted by Crippen LogP contribution is -2.58. The van der Waals surface area contributed by atoms with Crippen LogP contribution in [0, 0.1) is 0 Å². The average molecular weight is 550 g/mol. The Morgan fingerprint density at radius 3 is 2.68 bits per heavy atom. The first-order valence-electron chi connectivity index (χ1n) is 11.6. The van der Waals surface area contributed by atoms with Crippen molar-refractivity contribution in [2.75, 3.05) is 11.9 Å². The molecule has 2 atom stereocenters. The van der Waals surface area contributed by atoms with Gasteiger partial charge >= 0.3 is 0 Å². The summed E-state index contributed by atoms with van der Waals surface area (Å²) in [4.78, 5) is 34.5. The van der Waals surface area contributed by atoms with Gasteiger partial charge in [-0.25, -0.2) is 4.98 Å². The van der Waals surface area contributed by atoms with E-state index in [1.807, 2.05) is 83.4 Å². The molecule has 4 aromatic rings. The molecule has 1 fully saturated rings. The quantitative estimate of drug-likeness (QED) is 0.294. The van der Waals surface area contributed by atoms with Crippen LogP contribution in [0.4, 0.5) is 11.5 Å². The molecule has 5 rings (SSSR count). The maximum atomic E-state index is 13.5. The molecule has 9 heteroatoms. The van der Waals surface area contributed by atoms with Gasteiger partial charge in [0.05, 0.1) is 17.3 Å². The van der Waals surface area contributed by atoms with Crippen LogP contribution in [-0.4, -0.2) is 34.1 Å². The lowest BCUT2D eigenvalue weighted by Gasteiger charge is -2.39. The third-order valence-electron chi connectivity index (χ3n) is 6.40. The molecule has 188 valence electrons. The van der Waals surface area contributed by atoms with Crippen molar-refractivity contribution >= 4 is 57.9 Å². The molecule has 6 nitrogen and oxygen atoms in total. The van der Waals surface area contributed by atoms with E-state index in [9.17, 15) is 14.7 Å². The lowest BCUT2D eigenvalue weighted by molar-refractivity contribution is -0.133. The van der Waals surface area contributed by atoms with E-state index in [4.69, 9.17) is 16.6 Å². The highest BCUT2D eigenvalue weighted by molar-refractivity contribution is 8.01. The highest BCUT2D eigenvalue weighted by Gasteiger charge is 2.48. The van der Waals surface area contributed by atoms with E-state index in [0.29, 0.717) is 21.4 Å². The molecule has 1 saturated heterocycles. The van der Waals surface area contributed by atoms with Crippen molar-refractivity contribution in [2.24, 2.45) is 0 Å². The zero-order chi connectivity index (χ0) is 26.0. The minimum Gasteiger partial charge on any atom is -0.392 e. The number of thioether (sulfide) groups is 1. The predicted molar refractivity (Wildman–Crippen MR) is 149 cm³/mol. The first kappa shape index (κ1) is 25.5. The van der Waals surface area contributed by atoms with Gasteiger partial charge in [-0.1, -0.05) is 41.9 Å². The molecule has 0 spiro atoms. The van der Waals surface area contributed by atoms with Crippen LogP contribution >= 0.6 is 34.7 Å². The molecule has 1 aliphatic rings. The van der Waals surface area contributed by atoms with E-state index in [-0.39, 0.29) is 24.7 Å². The number of thiophene rings is 1. The van der Waals surface area contributed by atoms with E-state index in [0.717, 1.165) is 16.8 Å². The number of ketones is 1. The van der Waals surface area contributed by atoms with Crippen molar-refractivity contribution in [2.45, 2.75) is 28.7 Å². The van der Waals surface area contributed by atoms with Crippen LogP contribution in [0.2, 0.25) is 5.02 Å². The van der Waals surface area contributed by atoms with Crippen LogP contribution < -0.4 is 10.2 Å². The maximum absolute atomic E-state index is 13.5. The third-order valence-corrected chi connectivity index (χ3v) is 8.85. The number of nitrogens with zero attached hydrogens (tertiary/aromatic N) is 2. The smallest absolute Gasteiger partial charge is 0.242 e. The molecule has 37 heavy (non-hydrogen) atoms. The molecule has 2 aromatic carbocycles. The number of aliphatic hydroxyl groups is 1. The number of aliphatic hydroxyl groups excluding tert-OH is 1. The number of Topliss-reactive ketones (excluding diaryl/α,β-unsaturated/α-hetero) is 1. The van der Waals surface area contributed by atoms with Crippen molar-refractivity contribution in [3.05, 3.63) is 105 Å². The molecule has 2 unspecified atom stereocenters. The molecular formula is C28H24ClN3O3S2. The Morgan fingerprint density at radius 2 is 1.95 bits per heavy atom. The Morgan fingerprint density at radius 1 is 1.14 bits per heavy atom. The minimum atomic E-state index is -1.09. The average Bonchev–Trinajstić information content (AvgIpc) is 3.47. The molecular weight excluding hydrogens is 526 g/mol. The normalized spacial score (nSPS) is 19.5. The number of anilines is 2. The number of aromatic nitrogens is 1. The number of carbonyl (C=O) groups excluding carboxylic acids is 2. The van der Waals surface area contributed by atoms with Crippen molar-refractivity contribution in [1.29, 1.82) is 0 Å². The first-order chi connectivity index (χ1) is 17.9. The van der Waals surface area contributed by atoms with Crippen molar-refractivity contribution in [3.63, 3.8) is 0 Å². The number of hydrogen-bond acceptors (Lipinski definition) is 7. The monoisotopic (exact) mass is 549 g/mol. The summed E-state index contributed by atoms with van der Waals surface area (Å²) in [6.45, 7) is -0.0576. The fraction of sp³-hybridized carbons (Fsp3) is 0.179. The van der Waals surface area contributed by atoms with Gasteiger partial charge in [-0.3, -0.25) is 9.59 Å². The van der Waals surface area contributed by atoms with Gasteiger partial charge in [0.1, 0.15) is 16.6 Å². The largest absolute Gasteiger partial charge is 0.392 e. The molecule has 0 radical (unpaired) electrons. The number of carbonyl (C=O) groups is 2. The molecule has 0 aliphatic carbocycles. The lowest BCUT2D eigenvalue weighted by atomic mass is 9.79. The summed E-state index contributed by atoms with van der Waals surface area (Å²) in [6, 6.07) is 22.3. The van der Waals surface area contributed by atoms with Gasteiger partial charge in [0, 0.05) is 24.1 Å². The number of hydrogen-bond donors (Lipinski definition) is 2. The highest BCUT2D eigenvalue weighted by Crippen LogP contribution is 2.41. The highest BCUT2D eigenvalue weighted by atomic mass is 35.5. The van der Waals surface area contributed by atoms with Gasteiger partial charge in [-0.05, 0) is 64.4 Å². The van der Waals surface area contributed by atoms with Gasteiger partial charge in [0.25, 0.3) is 0 Å². The maximum Gasteiger partial charge on any atom is 0.242 e. The number of nitrogens with one attached hydrogen (secondary N) is 1. The van der Waals surface area contributed by atoms with Crippen LogP contribution in [0.25, 0.3) is 0 Å². The predicted octanol–water partition coefficient (Wildman–Crippen LogP) is 5.55. The summed E-state index contributed by atoms with van der Waals surface area (Å²) in [6.07, 6.45) is 0.0672. The van der Waals surface area contributed by atoms with E-state index >= 15 is 0 Å². The molecule has 2 aromatic heterocycles. The van der Waals surface area contributed by atoms with E-state index in [2.05, 4.69) is 5.32 Å². The van der Waals surface area contributed by atoms with Crippen LogP contribution in [0.3, 0.4) is 0 Å². The summed E-state index contributed by atoms with van der Waals surface area (Å²) in [5.74, 6) is 0.0936. The van der Waals surface area contributed by atoms with Crippen molar-refractivity contribution in [3.8, 4) is 0 Å². The van der Waals surface area contributed by atoms with Crippen LogP contribution in [0.5, 0.6) is 0 Å². The fourth-order valence-corrected chi connectivity index (χ4v) is 6.41. The van der Waals surface area contributed by atoms with Crippen LogP contribution in [-0.2, 0) is 21.7 Å². The Hall–Kier alpha value is -3.17. The summed E-state index contributed by atoms with van der Waals surface area (Å²) >= 11 is 8.97. The topological polar surface area (TPSA) is 82.5 Å². The standard InChI is InChI=1S/C28H24ClN3O3S2/c1-32(20-7-4-6-18(14-20)16-33)25-11-5-10-24(30-25)28(19-12-13-36-17-19)15-22(34)26(27(35)31-28)37-23-9-3-2-8-21(23)29/h2-14,17,26,33H,15-16H2,1H3,(H,31,35). The van der Waals surface area contributed by atoms with Crippen LogP contribution in [0.1, 0.15) is 23.2 Å². The third kappa shape index (κ3) is 5.02. The van der Waals surface area contributed by atoms with Gasteiger partial charge in [0.15, 0.2) is 5.78 Å². The summed E-state index contributed by atoms with van der Waals surface area (Å²) < 4.78 is 0. The molecule has 0 bridgehead atoms. The van der Waals surface area contributed by atoms with Gasteiger partial charge in [-0.15, -0.1) is 11.8 Å². The minimum absolute atomic E-state index is 0.0576. The number of halogens is 1. The fourth-order valence-electron chi connectivity index (χ4n) is 4.43. The second-order valence-electron chi connectivity index (χ2n) is 8.75. The second-order valence-corrected chi connectivity index (χ2v) is 11.1. The Labute approximate surface area is 228 Å². The van der Waals surface area contributed by atoms with E-state index in [1.54, 1.807) is 12.1 Å². The van der Waals surface area contributed by atoms with Gasteiger partial charge in [-0.2, -0.15) is 11.3 Å². The van der Waals surface area contributed by atoms with E-state index < -0.39 is 10.8 Å². The molecule has 1 amide bonds. The van der Waals surface area contributed by atoms with Gasteiger partial charge < -0.3 is 15.3 Å². The molecule has 3 heterocycles. The van der Waals surface area contributed by atoms with Gasteiger partial charge in [0.2, 0.25) is 5.91 Å². The first-order valence-corrected chi connectivity index (χ1v) is 13.8. The summed E-state index contributed by atoms with van der Waals surface area (Å²) in [5.41, 5.74) is 1.96. The molecule has 2 N–H and O–H groups in total. The Kier molecular flexibility index (Phi) is 7.35. The number of pyridine rings is 1. The number of amides is 1. The second kappa shape index (κ2) is 10.7. The Bertz CT molecular complexity index is 1430. The van der Waals surface area contributed by atoms with Crippen molar-refractivity contribution in [1.82, 2.24) is 10.3 Å². The number of benzene rings is 2. The van der Waals surface area contributed by atoms with E-state index in [1.165, 1.54) is 23.1 Å². The van der Waals surface area contributed by atoms with Crippen molar-refractivity contribution < 1.29 is 14.7 Å².